The molecule has 0 bridgehead atoms. The molecular weight excluding hydrogens is 323 g/mol. The zero-order valence-corrected chi connectivity index (χ0v) is 13.1. The Bertz CT molecular complexity index is 601. The van der Waals surface area contributed by atoms with Crippen LogP contribution in [0.15, 0.2) is 27.9 Å². The van der Waals surface area contributed by atoms with Crippen LogP contribution in [0.3, 0.4) is 0 Å². The highest BCUT2D eigenvalue weighted by molar-refractivity contribution is 8.01. The quantitative estimate of drug-likeness (QED) is 0.838. The third kappa shape index (κ3) is 4.38. The summed E-state index contributed by atoms with van der Waals surface area (Å²) in [6, 6.07) is 4.95. The van der Waals surface area contributed by atoms with Gasteiger partial charge in [-0.05, 0) is 25.1 Å². The van der Waals surface area contributed by atoms with Crippen molar-refractivity contribution in [1.29, 1.82) is 0 Å². The molecule has 0 aliphatic carbocycles. The summed E-state index contributed by atoms with van der Waals surface area (Å²) >= 11 is 14.7. The van der Waals surface area contributed by atoms with Gasteiger partial charge in [0.25, 0.3) is 0 Å². The normalized spacial score (nSPS) is 10.5. The van der Waals surface area contributed by atoms with Crippen LogP contribution in [0.4, 0.5) is 5.69 Å². The van der Waals surface area contributed by atoms with Gasteiger partial charge < -0.3 is 5.32 Å². The van der Waals surface area contributed by atoms with Crippen molar-refractivity contribution < 1.29 is 4.79 Å². The molecular formula is C12H10Cl2N2OS2. The monoisotopic (exact) mass is 332 g/mol. The molecule has 0 spiro atoms. The van der Waals surface area contributed by atoms with Crippen LogP contribution in [0.5, 0.6) is 0 Å². The van der Waals surface area contributed by atoms with E-state index in [9.17, 15) is 4.79 Å². The van der Waals surface area contributed by atoms with Gasteiger partial charge in [0, 0.05) is 16.1 Å². The lowest BCUT2D eigenvalue weighted by Gasteiger charge is -2.06. The fourth-order valence-electron chi connectivity index (χ4n) is 1.31. The lowest BCUT2D eigenvalue weighted by molar-refractivity contribution is -0.113. The standard InChI is InChI=1S/C12H10Cl2N2OS2/c1-7-5-18-12(15-7)19-6-11(17)16-10-4-8(13)2-3-9(10)14/h2-5H,6H2,1H3,(H,16,17). The molecule has 0 fully saturated rings. The number of halogens is 2. The minimum atomic E-state index is -0.137. The number of benzene rings is 1. The summed E-state index contributed by atoms with van der Waals surface area (Å²) in [4.78, 5) is 16.1. The van der Waals surface area contributed by atoms with Gasteiger partial charge in [0.2, 0.25) is 5.91 Å². The molecule has 1 N–H and O–H groups in total. The first-order valence-corrected chi connectivity index (χ1v) is 7.96. The molecule has 0 aliphatic heterocycles. The summed E-state index contributed by atoms with van der Waals surface area (Å²) in [7, 11) is 0. The van der Waals surface area contributed by atoms with E-state index in [4.69, 9.17) is 23.2 Å². The Labute approximate surface area is 129 Å². The van der Waals surface area contributed by atoms with Crippen molar-refractivity contribution in [3.05, 3.63) is 39.3 Å². The Balaban J connectivity index is 1.92. The van der Waals surface area contributed by atoms with E-state index in [0.717, 1.165) is 10.0 Å². The molecule has 100 valence electrons. The minimum absolute atomic E-state index is 0.137. The van der Waals surface area contributed by atoms with Crippen molar-refractivity contribution in [2.75, 3.05) is 11.1 Å². The first-order valence-electron chi connectivity index (χ1n) is 5.34. The molecule has 0 saturated carbocycles. The van der Waals surface area contributed by atoms with Crippen LogP contribution >= 0.6 is 46.3 Å². The van der Waals surface area contributed by atoms with Gasteiger partial charge >= 0.3 is 0 Å². The average Bonchev–Trinajstić information content (AvgIpc) is 2.77. The lowest BCUT2D eigenvalue weighted by Crippen LogP contribution is -2.14. The number of amides is 1. The molecule has 0 saturated heterocycles. The van der Waals surface area contributed by atoms with Crippen molar-refractivity contribution in [2.45, 2.75) is 11.3 Å². The van der Waals surface area contributed by atoms with Gasteiger partial charge in [-0.25, -0.2) is 4.98 Å². The highest BCUT2D eigenvalue weighted by Crippen LogP contribution is 2.26. The van der Waals surface area contributed by atoms with E-state index in [1.807, 2.05) is 12.3 Å². The second kappa shape index (κ2) is 6.61. The van der Waals surface area contributed by atoms with Crippen LogP contribution in [0.25, 0.3) is 0 Å². The van der Waals surface area contributed by atoms with Gasteiger partial charge in [0.05, 0.1) is 16.5 Å². The fourth-order valence-corrected chi connectivity index (χ4v) is 3.29. The van der Waals surface area contributed by atoms with E-state index in [0.29, 0.717) is 15.7 Å². The molecule has 0 radical (unpaired) electrons. The second-order valence-corrected chi connectivity index (χ2v) is 6.64. The highest BCUT2D eigenvalue weighted by atomic mass is 35.5. The van der Waals surface area contributed by atoms with E-state index in [2.05, 4.69) is 10.3 Å². The topological polar surface area (TPSA) is 42.0 Å². The molecule has 19 heavy (non-hydrogen) atoms. The predicted molar refractivity (Wildman–Crippen MR) is 82.7 cm³/mol. The number of rotatable bonds is 4. The number of carbonyl (C=O) groups excluding carboxylic acids is 1. The molecule has 3 nitrogen and oxygen atoms in total. The molecule has 7 heteroatoms. The van der Waals surface area contributed by atoms with Gasteiger partial charge in [-0.2, -0.15) is 0 Å². The molecule has 0 atom stereocenters. The Hall–Kier alpha value is -0.750. The molecule has 1 aromatic heterocycles. The van der Waals surface area contributed by atoms with Gasteiger partial charge in [-0.1, -0.05) is 35.0 Å². The Morgan fingerprint density at radius 2 is 2.26 bits per heavy atom. The van der Waals surface area contributed by atoms with E-state index < -0.39 is 0 Å². The zero-order chi connectivity index (χ0) is 13.8. The molecule has 1 aromatic carbocycles. The van der Waals surface area contributed by atoms with Crippen LogP contribution in [-0.2, 0) is 4.79 Å². The first kappa shape index (κ1) is 14.7. The summed E-state index contributed by atoms with van der Waals surface area (Å²) < 4.78 is 0.879. The Morgan fingerprint density at radius 1 is 1.47 bits per heavy atom. The van der Waals surface area contributed by atoms with E-state index >= 15 is 0 Å². The van der Waals surface area contributed by atoms with Crippen molar-refractivity contribution in [1.82, 2.24) is 4.98 Å². The van der Waals surface area contributed by atoms with Crippen LogP contribution in [0.1, 0.15) is 5.69 Å². The number of hydrogen-bond acceptors (Lipinski definition) is 4. The summed E-state index contributed by atoms with van der Waals surface area (Å²) in [5.74, 6) is 0.150. The zero-order valence-electron chi connectivity index (χ0n) is 9.94. The number of thiazole rings is 1. The van der Waals surface area contributed by atoms with Gasteiger partial charge in [0.15, 0.2) is 4.34 Å². The maximum Gasteiger partial charge on any atom is 0.234 e. The Morgan fingerprint density at radius 3 is 2.95 bits per heavy atom. The van der Waals surface area contributed by atoms with Gasteiger partial charge in [-0.15, -0.1) is 11.3 Å². The maximum absolute atomic E-state index is 11.8. The number of thioether (sulfide) groups is 1. The number of aromatic nitrogens is 1. The van der Waals surface area contributed by atoms with E-state index in [1.54, 1.807) is 18.2 Å². The number of hydrogen-bond donors (Lipinski definition) is 1. The van der Waals surface area contributed by atoms with Crippen LogP contribution in [0, 0.1) is 6.92 Å². The predicted octanol–water partition coefficient (Wildman–Crippen LogP) is 4.49. The van der Waals surface area contributed by atoms with Crippen molar-refractivity contribution in [3.63, 3.8) is 0 Å². The summed E-state index contributed by atoms with van der Waals surface area (Å²) in [6.07, 6.45) is 0. The van der Waals surface area contributed by atoms with Gasteiger partial charge in [-0.3, -0.25) is 4.79 Å². The van der Waals surface area contributed by atoms with Crippen LogP contribution in [0.2, 0.25) is 10.0 Å². The summed E-state index contributed by atoms with van der Waals surface area (Å²) in [6.45, 7) is 1.92. The fraction of sp³-hybridized carbons (Fsp3) is 0.167. The maximum atomic E-state index is 11.8. The third-order valence-corrected chi connectivity index (χ3v) is 4.83. The molecule has 2 rings (SSSR count). The minimum Gasteiger partial charge on any atom is -0.324 e. The lowest BCUT2D eigenvalue weighted by atomic mass is 10.3. The van der Waals surface area contributed by atoms with Crippen LogP contribution < -0.4 is 5.32 Å². The second-order valence-electron chi connectivity index (χ2n) is 3.72. The number of nitrogens with zero attached hydrogens (tertiary/aromatic N) is 1. The number of carbonyl (C=O) groups is 1. The summed E-state index contributed by atoms with van der Waals surface area (Å²) in [5.41, 5.74) is 1.49. The Kier molecular flexibility index (Phi) is 5.10. The molecule has 0 unspecified atom stereocenters. The largest absolute Gasteiger partial charge is 0.324 e. The van der Waals surface area contributed by atoms with Crippen molar-refractivity contribution in [3.8, 4) is 0 Å². The third-order valence-electron chi connectivity index (χ3n) is 2.13. The van der Waals surface area contributed by atoms with Crippen molar-refractivity contribution in [2.24, 2.45) is 0 Å². The summed E-state index contributed by atoms with van der Waals surface area (Å²) in [5, 5.41) is 5.68. The van der Waals surface area contributed by atoms with Crippen molar-refractivity contribution >= 4 is 57.9 Å². The van der Waals surface area contributed by atoms with E-state index in [1.165, 1.54) is 23.1 Å². The number of anilines is 1. The van der Waals surface area contributed by atoms with Gasteiger partial charge in [0.1, 0.15) is 0 Å². The number of nitrogens with one attached hydrogen (secondary N) is 1. The average molecular weight is 333 g/mol. The smallest absolute Gasteiger partial charge is 0.234 e. The van der Waals surface area contributed by atoms with Crippen LogP contribution in [-0.4, -0.2) is 16.6 Å². The highest BCUT2D eigenvalue weighted by Gasteiger charge is 2.08. The molecule has 1 amide bonds. The molecule has 0 aliphatic rings. The first-order chi connectivity index (χ1) is 9.04. The molecule has 2 aromatic rings. The number of aryl methyl sites for hydroxylation is 1. The van der Waals surface area contributed by atoms with E-state index in [-0.39, 0.29) is 11.7 Å². The molecule has 1 heterocycles. The SMILES string of the molecule is Cc1csc(SCC(=O)Nc2cc(Cl)ccc2Cl)n1.